The van der Waals surface area contributed by atoms with Crippen LogP contribution in [0.4, 0.5) is 0 Å². The van der Waals surface area contributed by atoms with Gasteiger partial charge in [-0.25, -0.2) is 0 Å². The summed E-state index contributed by atoms with van der Waals surface area (Å²) in [6.45, 7) is 7.73. The molecule has 118 valence electrons. The molecule has 0 amide bonds. The Hall–Kier alpha value is -1.66. The monoisotopic (exact) mass is 296 g/mol. The maximum absolute atomic E-state index is 12.3. The number of esters is 2. The predicted octanol–water partition coefficient (Wildman–Crippen LogP) is 0.667. The zero-order valence-corrected chi connectivity index (χ0v) is 12.6. The topological polar surface area (TPSA) is 76.7 Å². The Kier molecular flexibility index (Phi) is 7.11. The Morgan fingerprint density at radius 2 is 1.38 bits per heavy atom. The molecule has 0 bridgehead atoms. The van der Waals surface area contributed by atoms with Crippen LogP contribution in [0, 0.1) is 23.7 Å². The molecule has 4 unspecified atom stereocenters. The van der Waals surface area contributed by atoms with E-state index in [9.17, 15) is 9.59 Å². The van der Waals surface area contributed by atoms with Crippen LogP contribution in [0.25, 0.3) is 0 Å². The minimum absolute atomic E-state index is 0.107. The lowest BCUT2D eigenvalue weighted by Crippen LogP contribution is -2.36. The Balaban J connectivity index is 2.94. The van der Waals surface area contributed by atoms with E-state index in [1.54, 1.807) is 26.2 Å². The first-order valence-electron chi connectivity index (χ1n) is 6.98. The molecule has 0 saturated heterocycles. The van der Waals surface area contributed by atoms with Crippen LogP contribution in [0.5, 0.6) is 0 Å². The van der Waals surface area contributed by atoms with Crippen LogP contribution < -0.4 is 10.6 Å². The van der Waals surface area contributed by atoms with Gasteiger partial charge in [0.15, 0.2) is 0 Å². The third-order valence-corrected chi connectivity index (χ3v) is 3.72. The lowest BCUT2D eigenvalue weighted by Gasteiger charge is -2.22. The first kappa shape index (κ1) is 17.4. The second kappa shape index (κ2) is 8.59. The number of hydrogen-bond acceptors (Lipinski definition) is 6. The zero-order chi connectivity index (χ0) is 15.8. The Bertz CT molecular complexity index is 361. The van der Waals surface area contributed by atoms with Crippen molar-refractivity contribution in [1.82, 2.24) is 10.6 Å². The molecule has 2 N–H and O–H groups in total. The first-order chi connectivity index (χ1) is 10.1. The van der Waals surface area contributed by atoms with Gasteiger partial charge in [-0.15, -0.1) is 13.2 Å². The van der Waals surface area contributed by atoms with Gasteiger partial charge in [-0.3, -0.25) is 20.2 Å². The van der Waals surface area contributed by atoms with E-state index >= 15 is 0 Å². The van der Waals surface area contributed by atoms with E-state index in [2.05, 4.69) is 23.8 Å². The summed E-state index contributed by atoms with van der Waals surface area (Å²) in [5.41, 5.74) is 0. The second-order valence-corrected chi connectivity index (χ2v) is 5.01. The fourth-order valence-corrected chi connectivity index (χ4v) is 2.75. The highest BCUT2D eigenvalue weighted by Crippen LogP contribution is 2.44. The first-order valence-corrected chi connectivity index (χ1v) is 6.98. The molecule has 0 radical (unpaired) electrons. The largest absolute Gasteiger partial charge is 0.449 e. The number of carbonyl (C=O) groups excluding carboxylic acids is 2. The standard InChI is InChI=1S/C15H24N2O4/c1-5-10-7-11(6-2)13(15(19)21-9-17-4)12(10)14(18)20-8-16-3/h5-6,10-13,16-17H,1-2,7-9H2,3-4H3. The molecule has 1 aliphatic rings. The molecule has 6 nitrogen and oxygen atoms in total. The van der Waals surface area contributed by atoms with Crippen molar-refractivity contribution >= 4 is 11.9 Å². The lowest BCUT2D eigenvalue weighted by molar-refractivity contribution is -0.161. The van der Waals surface area contributed by atoms with E-state index in [1.807, 2.05) is 0 Å². The number of nitrogens with one attached hydrogen (secondary N) is 2. The number of rotatable bonds is 8. The van der Waals surface area contributed by atoms with Crippen molar-refractivity contribution in [1.29, 1.82) is 0 Å². The quantitative estimate of drug-likeness (QED) is 0.389. The molecule has 0 aromatic rings. The molecule has 0 spiro atoms. The lowest BCUT2D eigenvalue weighted by atomic mass is 9.87. The number of allylic oxidation sites excluding steroid dienone is 2. The van der Waals surface area contributed by atoms with Crippen LogP contribution in [-0.4, -0.2) is 39.5 Å². The molecule has 21 heavy (non-hydrogen) atoms. The summed E-state index contributed by atoms with van der Waals surface area (Å²) in [6.07, 6.45) is 4.05. The summed E-state index contributed by atoms with van der Waals surface area (Å²) < 4.78 is 10.3. The molecule has 0 aliphatic heterocycles. The van der Waals surface area contributed by atoms with Crippen molar-refractivity contribution in [3.05, 3.63) is 25.3 Å². The van der Waals surface area contributed by atoms with Gasteiger partial charge >= 0.3 is 11.9 Å². The fourth-order valence-electron chi connectivity index (χ4n) is 2.75. The molecule has 4 atom stereocenters. The van der Waals surface area contributed by atoms with Crippen LogP contribution in [-0.2, 0) is 19.1 Å². The predicted molar refractivity (Wildman–Crippen MR) is 79.0 cm³/mol. The van der Waals surface area contributed by atoms with Crippen molar-refractivity contribution in [3.8, 4) is 0 Å². The van der Waals surface area contributed by atoms with E-state index < -0.39 is 23.8 Å². The van der Waals surface area contributed by atoms with E-state index in [0.29, 0.717) is 6.42 Å². The molecular formula is C15H24N2O4. The van der Waals surface area contributed by atoms with Crippen molar-refractivity contribution in [2.24, 2.45) is 23.7 Å². The van der Waals surface area contributed by atoms with E-state index in [1.165, 1.54) is 0 Å². The van der Waals surface area contributed by atoms with Crippen molar-refractivity contribution < 1.29 is 19.1 Å². The van der Waals surface area contributed by atoms with Gasteiger partial charge in [-0.2, -0.15) is 0 Å². The summed E-state index contributed by atoms with van der Waals surface area (Å²) >= 11 is 0. The maximum Gasteiger partial charge on any atom is 0.311 e. The molecular weight excluding hydrogens is 272 g/mol. The van der Waals surface area contributed by atoms with Gasteiger partial charge in [0.2, 0.25) is 0 Å². The highest BCUT2D eigenvalue weighted by molar-refractivity contribution is 5.84. The molecule has 1 saturated carbocycles. The highest BCUT2D eigenvalue weighted by Gasteiger charge is 2.50. The van der Waals surface area contributed by atoms with E-state index in [0.717, 1.165) is 0 Å². The van der Waals surface area contributed by atoms with Gasteiger partial charge in [0.25, 0.3) is 0 Å². The maximum atomic E-state index is 12.3. The van der Waals surface area contributed by atoms with Crippen LogP contribution in [0.3, 0.4) is 0 Å². The Morgan fingerprint density at radius 3 is 1.67 bits per heavy atom. The normalized spacial score (nSPS) is 27.9. The summed E-state index contributed by atoms with van der Waals surface area (Å²) in [5, 5.41) is 5.49. The molecule has 1 fully saturated rings. The van der Waals surface area contributed by atoms with Crippen molar-refractivity contribution in [2.75, 3.05) is 27.6 Å². The number of ether oxygens (including phenoxy) is 2. The molecule has 0 heterocycles. The van der Waals surface area contributed by atoms with Gasteiger partial charge < -0.3 is 9.47 Å². The number of carbonyl (C=O) groups is 2. The van der Waals surface area contributed by atoms with Crippen molar-refractivity contribution in [3.63, 3.8) is 0 Å². The van der Waals surface area contributed by atoms with Crippen LogP contribution in [0.2, 0.25) is 0 Å². The smallest absolute Gasteiger partial charge is 0.311 e. The van der Waals surface area contributed by atoms with Gasteiger partial charge in [-0.1, -0.05) is 12.2 Å². The van der Waals surface area contributed by atoms with E-state index in [4.69, 9.17) is 9.47 Å². The van der Waals surface area contributed by atoms with Crippen LogP contribution >= 0.6 is 0 Å². The molecule has 1 rings (SSSR count). The van der Waals surface area contributed by atoms with Gasteiger partial charge in [0.05, 0.1) is 11.8 Å². The van der Waals surface area contributed by atoms with Gasteiger partial charge in [-0.05, 0) is 32.4 Å². The summed E-state index contributed by atoms with van der Waals surface area (Å²) in [4.78, 5) is 24.5. The average molecular weight is 296 g/mol. The Morgan fingerprint density at radius 1 is 1.00 bits per heavy atom. The molecule has 0 aromatic heterocycles. The van der Waals surface area contributed by atoms with Crippen LogP contribution in [0.15, 0.2) is 25.3 Å². The fraction of sp³-hybridized carbons (Fsp3) is 0.600. The summed E-state index contributed by atoms with van der Waals surface area (Å²) in [7, 11) is 3.36. The average Bonchev–Trinajstić information content (AvgIpc) is 2.88. The summed E-state index contributed by atoms with van der Waals surface area (Å²) in [5.74, 6) is -2.23. The van der Waals surface area contributed by atoms with Crippen LogP contribution in [0.1, 0.15) is 6.42 Å². The number of hydrogen-bond donors (Lipinski definition) is 2. The molecule has 6 heteroatoms. The molecule has 1 aliphatic carbocycles. The van der Waals surface area contributed by atoms with Crippen molar-refractivity contribution in [2.45, 2.75) is 6.42 Å². The highest BCUT2D eigenvalue weighted by atomic mass is 16.5. The van der Waals surface area contributed by atoms with Gasteiger partial charge in [0, 0.05) is 0 Å². The van der Waals surface area contributed by atoms with Gasteiger partial charge in [0.1, 0.15) is 13.5 Å². The third-order valence-electron chi connectivity index (χ3n) is 3.72. The summed E-state index contributed by atoms with van der Waals surface area (Å²) in [6, 6.07) is 0. The molecule has 0 aromatic carbocycles. The van der Waals surface area contributed by atoms with E-state index in [-0.39, 0.29) is 25.3 Å². The minimum atomic E-state index is -0.580. The third kappa shape index (κ3) is 4.15. The zero-order valence-electron chi connectivity index (χ0n) is 12.6. The second-order valence-electron chi connectivity index (χ2n) is 5.01. The minimum Gasteiger partial charge on any atom is -0.449 e. The Labute approximate surface area is 125 Å². The SMILES string of the molecule is C=CC1CC(C=C)C(C(=O)OCNC)C1C(=O)OCNC.